The molecule has 2 heteroatoms. The molecule has 0 radical (unpaired) electrons. The van der Waals surface area contributed by atoms with Gasteiger partial charge in [0.25, 0.3) is 0 Å². The molecule has 2 aromatic carbocycles. The molecule has 2 aromatic rings. The lowest BCUT2D eigenvalue weighted by Gasteiger charge is -2.30. The van der Waals surface area contributed by atoms with Crippen LogP contribution in [0.4, 0.5) is 0 Å². The van der Waals surface area contributed by atoms with Gasteiger partial charge in [-0.15, -0.1) is 0 Å². The lowest BCUT2D eigenvalue weighted by atomic mass is 9.82. The summed E-state index contributed by atoms with van der Waals surface area (Å²) in [5, 5.41) is 0. The quantitative estimate of drug-likeness (QED) is 0.728. The van der Waals surface area contributed by atoms with E-state index in [0.717, 1.165) is 18.4 Å². The number of carbonyl (C=O) groups is 1. The van der Waals surface area contributed by atoms with Gasteiger partial charge in [0.15, 0.2) is 0 Å². The van der Waals surface area contributed by atoms with Crippen LogP contribution in [0.25, 0.3) is 0 Å². The molecular formula is C20H22O2. The Balaban J connectivity index is 1.81. The van der Waals surface area contributed by atoms with Crippen molar-refractivity contribution < 1.29 is 9.53 Å². The lowest BCUT2D eigenvalue weighted by molar-refractivity contribution is 0.00669. The summed E-state index contributed by atoms with van der Waals surface area (Å²) in [6, 6.07) is 19.4. The van der Waals surface area contributed by atoms with Crippen LogP contribution >= 0.6 is 0 Å². The Labute approximate surface area is 132 Å². The highest BCUT2D eigenvalue weighted by Crippen LogP contribution is 2.37. The van der Waals surface area contributed by atoms with Crippen molar-refractivity contribution in [3.63, 3.8) is 0 Å². The topological polar surface area (TPSA) is 26.3 Å². The Morgan fingerprint density at radius 3 is 2.09 bits per heavy atom. The molecule has 22 heavy (non-hydrogen) atoms. The normalized spacial score (nSPS) is 16.9. The van der Waals surface area contributed by atoms with Crippen LogP contribution in [0.5, 0.6) is 0 Å². The highest BCUT2D eigenvalue weighted by molar-refractivity contribution is 5.89. The fraction of sp³-hybridized carbons (Fsp3) is 0.350. The van der Waals surface area contributed by atoms with Crippen molar-refractivity contribution in [2.45, 2.75) is 38.2 Å². The SMILES string of the molecule is O=C(OC(c1ccccc1)C1CCCCC1)c1ccccc1. The van der Waals surface area contributed by atoms with Crippen LogP contribution in [0, 0.1) is 5.92 Å². The second-order valence-electron chi connectivity index (χ2n) is 6.00. The van der Waals surface area contributed by atoms with E-state index >= 15 is 0 Å². The van der Waals surface area contributed by atoms with E-state index in [1.165, 1.54) is 19.3 Å². The van der Waals surface area contributed by atoms with Crippen molar-refractivity contribution in [3.05, 3.63) is 71.8 Å². The molecule has 0 bridgehead atoms. The van der Waals surface area contributed by atoms with Gasteiger partial charge in [0.1, 0.15) is 6.10 Å². The minimum Gasteiger partial charge on any atom is -0.454 e. The molecule has 1 saturated carbocycles. The van der Waals surface area contributed by atoms with E-state index in [0.29, 0.717) is 11.5 Å². The maximum Gasteiger partial charge on any atom is 0.338 e. The standard InChI is InChI=1S/C20H22O2/c21-20(18-14-8-3-9-15-18)22-19(16-10-4-1-5-11-16)17-12-6-2-7-13-17/h1,3-5,8-11,14-15,17,19H,2,6-7,12-13H2. The van der Waals surface area contributed by atoms with Crippen LogP contribution in [-0.2, 0) is 4.74 Å². The number of esters is 1. The molecule has 0 spiro atoms. The zero-order valence-corrected chi connectivity index (χ0v) is 12.8. The average Bonchev–Trinajstić information content (AvgIpc) is 2.62. The molecular weight excluding hydrogens is 272 g/mol. The van der Waals surface area contributed by atoms with Crippen LogP contribution in [0.15, 0.2) is 60.7 Å². The van der Waals surface area contributed by atoms with E-state index in [4.69, 9.17) is 4.74 Å². The summed E-state index contributed by atoms with van der Waals surface area (Å²) >= 11 is 0. The molecule has 1 unspecified atom stereocenters. The number of hydrogen-bond acceptors (Lipinski definition) is 2. The first-order chi connectivity index (χ1) is 10.8. The third-order valence-corrected chi connectivity index (χ3v) is 4.45. The largest absolute Gasteiger partial charge is 0.454 e. The fourth-order valence-electron chi connectivity index (χ4n) is 3.27. The molecule has 0 heterocycles. The Kier molecular flexibility index (Phi) is 4.89. The predicted molar refractivity (Wildman–Crippen MR) is 87.6 cm³/mol. The fourth-order valence-corrected chi connectivity index (χ4v) is 3.27. The molecule has 2 nitrogen and oxygen atoms in total. The molecule has 0 saturated heterocycles. The molecule has 1 atom stereocenters. The van der Waals surface area contributed by atoms with Crippen LogP contribution < -0.4 is 0 Å². The smallest absolute Gasteiger partial charge is 0.338 e. The van der Waals surface area contributed by atoms with Crippen LogP contribution in [0.1, 0.15) is 54.1 Å². The van der Waals surface area contributed by atoms with Gasteiger partial charge in [-0.2, -0.15) is 0 Å². The third kappa shape index (κ3) is 3.56. The first-order valence-corrected chi connectivity index (χ1v) is 8.15. The molecule has 1 fully saturated rings. The Bertz CT molecular complexity index is 586. The second-order valence-corrected chi connectivity index (χ2v) is 6.00. The van der Waals surface area contributed by atoms with E-state index < -0.39 is 0 Å². The van der Waals surface area contributed by atoms with Gasteiger partial charge in [0.2, 0.25) is 0 Å². The van der Waals surface area contributed by atoms with Crippen molar-refractivity contribution in [2.24, 2.45) is 5.92 Å². The summed E-state index contributed by atoms with van der Waals surface area (Å²) in [6.07, 6.45) is 5.91. The molecule has 1 aliphatic carbocycles. The van der Waals surface area contributed by atoms with Gasteiger partial charge in [-0.05, 0) is 30.5 Å². The minimum absolute atomic E-state index is 0.130. The highest BCUT2D eigenvalue weighted by Gasteiger charge is 2.28. The van der Waals surface area contributed by atoms with Gasteiger partial charge in [0.05, 0.1) is 5.56 Å². The van der Waals surface area contributed by atoms with Crippen LogP contribution in [-0.4, -0.2) is 5.97 Å². The van der Waals surface area contributed by atoms with E-state index in [1.54, 1.807) is 0 Å². The third-order valence-electron chi connectivity index (χ3n) is 4.45. The average molecular weight is 294 g/mol. The summed E-state index contributed by atoms with van der Waals surface area (Å²) in [4.78, 5) is 12.4. The number of carbonyl (C=O) groups excluding carboxylic acids is 1. The maximum absolute atomic E-state index is 12.4. The van der Waals surface area contributed by atoms with Crippen molar-refractivity contribution in [2.75, 3.05) is 0 Å². The number of ether oxygens (including phenoxy) is 1. The first-order valence-electron chi connectivity index (χ1n) is 8.15. The van der Waals surface area contributed by atoms with Crippen LogP contribution in [0.3, 0.4) is 0 Å². The van der Waals surface area contributed by atoms with E-state index in [1.807, 2.05) is 48.5 Å². The van der Waals surface area contributed by atoms with Crippen molar-refractivity contribution in [1.29, 1.82) is 0 Å². The molecule has 1 aliphatic rings. The van der Waals surface area contributed by atoms with Gasteiger partial charge < -0.3 is 4.74 Å². The Morgan fingerprint density at radius 2 is 1.45 bits per heavy atom. The van der Waals surface area contributed by atoms with Gasteiger partial charge in [-0.1, -0.05) is 67.8 Å². The maximum atomic E-state index is 12.4. The molecule has 0 amide bonds. The highest BCUT2D eigenvalue weighted by atomic mass is 16.5. The number of rotatable bonds is 4. The number of benzene rings is 2. The lowest BCUT2D eigenvalue weighted by Crippen LogP contribution is -2.22. The number of hydrogen-bond donors (Lipinski definition) is 0. The van der Waals surface area contributed by atoms with E-state index in [9.17, 15) is 4.79 Å². The molecule has 114 valence electrons. The summed E-state index contributed by atoms with van der Waals surface area (Å²) < 4.78 is 5.92. The second kappa shape index (κ2) is 7.26. The zero-order chi connectivity index (χ0) is 15.2. The minimum atomic E-state index is -0.222. The summed E-state index contributed by atoms with van der Waals surface area (Å²) in [5.74, 6) is 0.212. The summed E-state index contributed by atoms with van der Waals surface area (Å²) in [6.45, 7) is 0. The summed E-state index contributed by atoms with van der Waals surface area (Å²) in [7, 11) is 0. The van der Waals surface area contributed by atoms with Crippen molar-refractivity contribution >= 4 is 5.97 Å². The van der Waals surface area contributed by atoms with E-state index in [2.05, 4.69) is 12.1 Å². The predicted octanol–water partition coefficient (Wildman–Crippen LogP) is 5.17. The van der Waals surface area contributed by atoms with Gasteiger partial charge in [-0.25, -0.2) is 4.79 Å². The van der Waals surface area contributed by atoms with Crippen molar-refractivity contribution in [3.8, 4) is 0 Å². The molecule has 0 aliphatic heterocycles. The first kappa shape index (κ1) is 14.8. The summed E-state index contributed by atoms with van der Waals surface area (Å²) in [5.41, 5.74) is 1.73. The molecule has 0 aromatic heterocycles. The Morgan fingerprint density at radius 1 is 0.864 bits per heavy atom. The molecule has 0 N–H and O–H groups in total. The van der Waals surface area contributed by atoms with Crippen LogP contribution in [0.2, 0.25) is 0 Å². The zero-order valence-electron chi connectivity index (χ0n) is 12.8. The van der Waals surface area contributed by atoms with Gasteiger partial charge in [-0.3, -0.25) is 0 Å². The Hall–Kier alpha value is -2.09. The van der Waals surface area contributed by atoms with Crippen molar-refractivity contribution in [1.82, 2.24) is 0 Å². The monoisotopic (exact) mass is 294 g/mol. The van der Waals surface area contributed by atoms with E-state index in [-0.39, 0.29) is 12.1 Å². The van der Waals surface area contributed by atoms with Gasteiger partial charge >= 0.3 is 5.97 Å². The molecule has 3 rings (SSSR count). The van der Waals surface area contributed by atoms with Gasteiger partial charge in [0, 0.05) is 5.92 Å².